The van der Waals surface area contributed by atoms with Crippen molar-refractivity contribution in [2.45, 2.75) is 32.2 Å². The zero-order valence-electron chi connectivity index (χ0n) is 11.9. The van der Waals surface area contributed by atoms with Crippen LogP contribution in [-0.4, -0.2) is 31.1 Å². The molecular formula is C15H22FN3O. The Hall–Kier alpha value is -1.78. The molecule has 0 unspecified atom stereocenters. The average molecular weight is 279 g/mol. The number of benzene rings is 1. The Morgan fingerprint density at radius 3 is 2.60 bits per heavy atom. The SMILES string of the molecule is COc1cc(F)cc(CN=C(N)N2CCCCCC2)c1. The molecule has 1 aliphatic rings. The fourth-order valence-corrected chi connectivity index (χ4v) is 2.40. The van der Waals surface area contributed by atoms with Gasteiger partial charge in [0.2, 0.25) is 0 Å². The van der Waals surface area contributed by atoms with Crippen LogP contribution in [0.1, 0.15) is 31.2 Å². The number of hydrogen-bond acceptors (Lipinski definition) is 2. The van der Waals surface area contributed by atoms with Crippen LogP contribution < -0.4 is 10.5 Å². The Morgan fingerprint density at radius 1 is 1.25 bits per heavy atom. The molecule has 0 bridgehead atoms. The molecule has 2 rings (SSSR count). The first kappa shape index (κ1) is 14.6. The summed E-state index contributed by atoms with van der Waals surface area (Å²) in [5.41, 5.74) is 6.79. The first-order valence-corrected chi connectivity index (χ1v) is 7.07. The van der Waals surface area contributed by atoms with Gasteiger partial charge in [-0.25, -0.2) is 9.38 Å². The Morgan fingerprint density at radius 2 is 1.95 bits per heavy atom. The van der Waals surface area contributed by atoms with Gasteiger partial charge in [-0.05, 0) is 30.5 Å². The molecule has 2 N–H and O–H groups in total. The number of aliphatic imine (C=N–C) groups is 1. The minimum atomic E-state index is -0.317. The second-order valence-corrected chi connectivity index (χ2v) is 5.07. The highest BCUT2D eigenvalue weighted by Crippen LogP contribution is 2.17. The van der Waals surface area contributed by atoms with Crippen molar-refractivity contribution in [3.05, 3.63) is 29.6 Å². The molecule has 1 aromatic carbocycles. The molecule has 0 aliphatic carbocycles. The van der Waals surface area contributed by atoms with Crippen LogP contribution in [0, 0.1) is 5.82 Å². The number of nitrogens with two attached hydrogens (primary N) is 1. The monoisotopic (exact) mass is 279 g/mol. The third-order valence-corrected chi connectivity index (χ3v) is 3.52. The largest absolute Gasteiger partial charge is 0.497 e. The van der Waals surface area contributed by atoms with Gasteiger partial charge in [0, 0.05) is 19.2 Å². The van der Waals surface area contributed by atoms with Crippen LogP contribution >= 0.6 is 0 Å². The third-order valence-electron chi connectivity index (χ3n) is 3.52. The van der Waals surface area contributed by atoms with Crippen molar-refractivity contribution in [2.75, 3.05) is 20.2 Å². The number of guanidine groups is 1. The fourth-order valence-electron chi connectivity index (χ4n) is 2.40. The topological polar surface area (TPSA) is 50.9 Å². The van der Waals surface area contributed by atoms with Crippen molar-refractivity contribution in [1.82, 2.24) is 4.90 Å². The molecule has 4 nitrogen and oxygen atoms in total. The van der Waals surface area contributed by atoms with Crippen LogP contribution in [0.3, 0.4) is 0 Å². The smallest absolute Gasteiger partial charge is 0.191 e. The highest BCUT2D eigenvalue weighted by Gasteiger charge is 2.10. The molecular weight excluding hydrogens is 257 g/mol. The average Bonchev–Trinajstić information content (AvgIpc) is 2.73. The van der Waals surface area contributed by atoms with Crippen LogP contribution in [0.5, 0.6) is 5.75 Å². The number of nitrogens with zero attached hydrogens (tertiary/aromatic N) is 2. The Balaban J connectivity index is 2.01. The summed E-state index contributed by atoms with van der Waals surface area (Å²) >= 11 is 0. The van der Waals surface area contributed by atoms with Gasteiger partial charge in [0.1, 0.15) is 11.6 Å². The molecule has 0 saturated carbocycles. The van der Waals surface area contributed by atoms with E-state index in [4.69, 9.17) is 10.5 Å². The van der Waals surface area contributed by atoms with Gasteiger partial charge in [-0.3, -0.25) is 0 Å². The molecule has 0 aromatic heterocycles. The first-order valence-electron chi connectivity index (χ1n) is 7.07. The minimum absolute atomic E-state index is 0.317. The second-order valence-electron chi connectivity index (χ2n) is 5.07. The second kappa shape index (κ2) is 7.12. The van der Waals surface area contributed by atoms with Crippen molar-refractivity contribution in [1.29, 1.82) is 0 Å². The van der Waals surface area contributed by atoms with Crippen LogP contribution in [0.25, 0.3) is 0 Å². The lowest BCUT2D eigenvalue weighted by Gasteiger charge is -2.21. The molecule has 1 heterocycles. The molecule has 1 saturated heterocycles. The van der Waals surface area contributed by atoms with E-state index in [0.717, 1.165) is 31.5 Å². The van der Waals surface area contributed by atoms with Crippen molar-refractivity contribution >= 4 is 5.96 Å². The van der Waals surface area contributed by atoms with E-state index in [1.807, 2.05) is 0 Å². The normalized spacial score (nSPS) is 16.9. The van der Waals surface area contributed by atoms with Crippen LogP contribution in [0.2, 0.25) is 0 Å². The highest BCUT2D eigenvalue weighted by atomic mass is 19.1. The lowest BCUT2D eigenvalue weighted by Crippen LogP contribution is -2.38. The van der Waals surface area contributed by atoms with Crippen LogP contribution in [-0.2, 0) is 6.54 Å². The number of halogens is 1. The number of rotatable bonds is 3. The molecule has 0 atom stereocenters. The fraction of sp³-hybridized carbons (Fsp3) is 0.533. The minimum Gasteiger partial charge on any atom is -0.497 e. The molecule has 1 aromatic rings. The lowest BCUT2D eigenvalue weighted by molar-refractivity contribution is 0.410. The quantitative estimate of drug-likeness (QED) is 0.683. The lowest BCUT2D eigenvalue weighted by atomic mass is 10.2. The van der Waals surface area contributed by atoms with Gasteiger partial charge < -0.3 is 15.4 Å². The van der Waals surface area contributed by atoms with Crippen LogP contribution in [0.15, 0.2) is 23.2 Å². The van der Waals surface area contributed by atoms with E-state index in [9.17, 15) is 4.39 Å². The maximum Gasteiger partial charge on any atom is 0.191 e. The van der Waals surface area contributed by atoms with E-state index in [0.29, 0.717) is 18.3 Å². The van der Waals surface area contributed by atoms with E-state index in [2.05, 4.69) is 9.89 Å². The number of methoxy groups -OCH3 is 1. The summed E-state index contributed by atoms with van der Waals surface area (Å²) in [6.07, 6.45) is 4.82. The van der Waals surface area contributed by atoms with Gasteiger partial charge in [-0.1, -0.05) is 12.8 Å². The van der Waals surface area contributed by atoms with Crippen LogP contribution in [0.4, 0.5) is 4.39 Å². The standard InChI is InChI=1S/C15H22FN3O/c1-20-14-9-12(8-13(16)10-14)11-18-15(17)19-6-4-2-3-5-7-19/h8-10H,2-7,11H2,1H3,(H2,17,18). The zero-order chi connectivity index (χ0) is 14.4. The summed E-state index contributed by atoms with van der Waals surface area (Å²) in [7, 11) is 1.52. The predicted molar refractivity (Wildman–Crippen MR) is 78.3 cm³/mol. The molecule has 5 heteroatoms. The Kier molecular flexibility index (Phi) is 5.21. The predicted octanol–water partition coefficient (Wildman–Crippen LogP) is 2.53. The van der Waals surface area contributed by atoms with Gasteiger partial charge in [0.05, 0.1) is 13.7 Å². The summed E-state index contributed by atoms with van der Waals surface area (Å²) < 4.78 is 18.4. The summed E-state index contributed by atoms with van der Waals surface area (Å²) in [5, 5.41) is 0. The van der Waals surface area contributed by atoms with E-state index in [1.165, 1.54) is 32.1 Å². The maximum absolute atomic E-state index is 13.4. The van der Waals surface area contributed by atoms with Crippen molar-refractivity contribution in [3.8, 4) is 5.75 Å². The van der Waals surface area contributed by atoms with Gasteiger partial charge in [-0.2, -0.15) is 0 Å². The Labute approximate surface area is 119 Å². The van der Waals surface area contributed by atoms with Crippen molar-refractivity contribution in [3.63, 3.8) is 0 Å². The van der Waals surface area contributed by atoms with Gasteiger partial charge in [-0.15, -0.1) is 0 Å². The summed E-state index contributed by atoms with van der Waals surface area (Å²) in [6.45, 7) is 2.29. The number of ether oxygens (including phenoxy) is 1. The van der Waals surface area contributed by atoms with Crippen molar-refractivity contribution in [2.24, 2.45) is 10.7 Å². The molecule has 1 aliphatic heterocycles. The molecule has 110 valence electrons. The maximum atomic E-state index is 13.4. The van der Waals surface area contributed by atoms with Gasteiger partial charge in [0.25, 0.3) is 0 Å². The van der Waals surface area contributed by atoms with E-state index < -0.39 is 0 Å². The molecule has 0 amide bonds. The Bertz CT molecular complexity index is 468. The van der Waals surface area contributed by atoms with Gasteiger partial charge >= 0.3 is 0 Å². The number of hydrogen-bond donors (Lipinski definition) is 1. The molecule has 0 spiro atoms. The zero-order valence-corrected chi connectivity index (χ0v) is 11.9. The highest BCUT2D eigenvalue weighted by molar-refractivity contribution is 5.78. The third kappa shape index (κ3) is 4.11. The van der Waals surface area contributed by atoms with E-state index >= 15 is 0 Å². The molecule has 0 radical (unpaired) electrons. The molecule has 20 heavy (non-hydrogen) atoms. The van der Waals surface area contributed by atoms with Crippen molar-refractivity contribution < 1.29 is 9.13 Å². The summed E-state index contributed by atoms with van der Waals surface area (Å²) in [4.78, 5) is 6.49. The molecule has 1 fully saturated rings. The number of likely N-dealkylation sites (tertiary alicyclic amines) is 1. The first-order chi connectivity index (χ1) is 9.69. The van der Waals surface area contributed by atoms with Gasteiger partial charge in [0.15, 0.2) is 5.96 Å². The van der Waals surface area contributed by atoms with E-state index in [1.54, 1.807) is 6.07 Å². The summed E-state index contributed by atoms with van der Waals surface area (Å²) in [6, 6.07) is 4.59. The summed E-state index contributed by atoms with van der Waals surface area (Å²) in [5.74, 6) is 0.738. The van der Waals surface area contributed by atoms with E-state index in [-0.39, 0.29) is 5.82 Å².